The van der Waals surface area contributed by atoms with Crippen molar-refractivity contribution in [2.75, 3.05) is 19.8 Å². The highest BCUT2D eigenvalue weighted by atomic mass is 32.1. The number of rotatable bonds is 23. The van der Waals surface area contributed by atoms with Gasteiger partial charge in [0, 0.05) is 11.9 Å². The van der Waals surface area contributed by atoms with Crippen LogP contribution in [0.1, 0.15) is 114 Å². The van der Waals surface area contributed by atoms with E-state index in [1.165, 1.54) is 83.5 Å². The van der Waals surface area contributed by atoms with E-state index in [0.717, 1.165) is 29.7 Å². The summed E-state index contributed by atoms with van der Waals surface area (Å²) in [4.78, 5) is 0. The summed E-state index contributed by atoms with van der Waals surface area (Å²) < 4.78 is 12.9. The molecule has 0 aromatic heterocycles. The molecule has 1 unspecified atom stereocenters. The molecule has 0 fully saturated rings. The van der Waals surface area contributed by atoms with Crippen LogP contribution in [0.5, 0.6) is 0 Å². The van der Waals surface area contributed by atoms with Crippen molar-refractivity contribution in [3.63, 3.8) is 0 Å². The molecule has 0 saturated heterocycles. The molecule has 0 aliphatic rings. The van der Waals surface area contributed by atoms with Crippen LogP contribution < -0.4 is 0 Å². The van der Waals surface area contributed by atoms with Crippen LogP contribution in [0, 0.1) is 0 Å². The fraction of sp³-hybridized carbons (Fsp3) is 0.526. The molecule has 3 heteroatoms. The lowest BCUT2D eigenvalue weighted by atomic mass is 9.80. The molecule has 0 aliphatic carbocycles. The maximum Gasteiger partial charge on any atom is 0.143 e. The first-order valence-corrected chi connectivity index (χ1v) is 16.9. The Morgan fingerprint density at radius 1 is 0.512 bits per heavy atom. The third-order valence-corrected chi connectivity index (χ3v) is 8.28. The summed E-state index contributed by atoms with van der Waals surface area (Å²) in [5.74, 6) is 0. The van der Waals surface area contributed by atoms with Crippen molar-refractivity contribution in [1.82, 2.24) is 0 Å². The zero-order valence-corrected chi connectivity index (χ0v) is 26.4. The highest BCUT2D eigenvalue weighted by Crippen LogP contribution is 2.40. The van der Waals surface area contributed by atoms with Gasteiger partial charge in [-0.3, -0.25) is 0 Å². The van der Waals surface area contributed by atoms with Crippen LogP contribution in [-0.2, 0) is 15.1 Å². The first kappa shape index (κ1) is 33.4. The van der Waals surface area contributed by atoms with Crippen molar-refractivity contribution in [2.24, 2.45) is 0 Å². The third-order valence-electron chi connectivity index (χ3n) is 7.99. The van der Waals surface area contributed by atoms with Crippen LogP contribution in [0.4, 0.5) is 0 Å². The predicted octanol–water partition coefficient (Wildman–Crippen LogP) is 10.8. The topological polar surface area (TPSA) is 18.5 Å². The van der Waals surface area contributed by atoms with Crippen LogP contribution in [0.2, 0.25) is 0 Å². The number of thiol groups is 1. The zero-order chi connectivity index (χ0) is 28.9. The largest absolute Gasteiger partial charge is 0.380 e. The van der Waals surface area contributed by atoms with Gasteiger partial charge in [-0.15, -0.1) is 0 Å². The first-order valence-electron chi connectivity index (χ1n) is 16.3. The minimum Gasteiger partial charge on any atom is -0.380 e. The van der Waals surface area contributed by atoms with E-state index < -0.39 is 5.60 Å². The quantitative estimate of drug-likeness (QED) is 0.0690. The minimum absolute atomic E-state index is 0.00263. The molecule has 41 heavy (non-hydrogen) atoms. The van der Waals surface area contributed by atoms with Crippen molar-refractivity contribution in [1.29, 1.82) is 0 Å². The van der Waals surface area contributed by atoms with Crippen LogP contribution >= 0.6 is 12.6 Å². The minimum atomic E-state index is -0.709. The molecule has 0 saturated carbocycles. The molecule has 0 spiro atoms. The molecular formula is C38H54O2S. The number of hydrogen-bond donors (Lipinski definition) is 1. The maximum absolute atomic E-state index is 6.87. The zero-order valence-electron chi connectivity index (χ0n) is 25.5. The summed E-state index contributed by atoms with van der Waals surface area (Å²) >= 11 is 4.86. The monoisotopic (exact) mass is 574 g/mol. The molecule has 0 aliphatic heterocycles. The molecule has 0 bridgehead atoms. The van der Waals surface area contributed by atoms with Crippen LogP contribution in [0.25, 0.3) is 0 Å². The summed E-state index contributed by atoms with van der Waals surface area (Å²) in [6.07, 6.45) is 19.2. The maximum atomic E-state index is 6.87. The van der Waals surface area contributed by atoms with Gasteiger partial charge in [-0.05, 0) is 23.1 Å². The van der Waals surface area contributed by atoms with Gasteiger partial charge in [-0.1, -0.05) is 181 Å². The van der Waals surface area contributed by atoms with E-state index in [9.17, 15) is 0 Å². The van der Waals surface area contributed by atoms with E-state index in [-0.39, 0.29) is 5.25 Å². The van der Waals surface area contributed by atoms with Gasteiger partial charge in [0.05, 0.1) is 13.2 Å². The van der Waals surface area contributed by atoms with Crippen molar-refractivity contribution in [2.45, 2.75) is 108 Å². The molecule has 2 nitrogen and oxygen atoms in total. The van der Waals surface area contributed by atoms with Crippen LogP contribution in [-0.4, -0.2) is 25.1 Å². The average Bonchev–Trinajstić information content (AvgIpc) is 3.03. The van der Waals surface area contributed by atoms with Gasteiger partial charge < -0.3 is 9.47 Å². The van der Waals surface area contributed by atoms with E-state index in [2.05, 4.69) is 97.9 Å². The van der Waals surface area contributed by atoms with Crippen molar-refractivity contribution < 1.29 is 9.47 Å². The van der Waals surface area contributed by atoms with Gasteiger partial charge in [-0.2, -0.15) is 12.6 Å². The molecule has 0 N–H and O–H groups in total. The van der Waals surface area contributed by atoms with E-state index >= 15 is 0 Å². The van der Waals surface area contributed by atoms with Crippen LogP contribution in [0.3, 0.4) is 0 Å². The van der Waals surface area contributed by atoms with Crippen molar-refractivity contribution in [3.8, 4) is 0 Å². The normalized spacial score (nSPS) is 12.4. The molecule has 0 radical (unpaired) electrons. The Morgan fingerprint density at radius 2 is 0.878 bits per heavy atom. The van der Waals surface area contributed by atoms with E-state index in [1.54, 1.807) is 0 Å². The molecule has 3 aromatic carbocycles. The predicted molar refractivity (Wildman–Crippen MR) is 179 cm³/mol. The van der Waals surface area contributed by atoms with Gasteiger partial charge in [0.15, 0.2) is 0 Å². The lowest BCUT2D eigenvalue weighted by molar-refractivity contribution is 0.00271. The molecule has 3 rings (SSSR count). The lowest BCUT2D eigenvalue weighted by Gasteiger charge is -2.36. The average molecular weight is 575 g/mol. The summed E-state index contributed by atoms with van der Waals surface area (Å²) in [5.41, 5.74) is 2.63. The number of hydrogen-bond acceptors (Lipinski definition) is 3. The number of benzene rings is 3. The summed E-state index contributed by atoms with van der Waals surface area (Å²) in [7, 11) is 0. The molecule has 3 aromatic rings. The standard InChI is InChI=1S/C38H54O2S/c1-2-3-4-5-6-7-8-9-10-11-12-13-14-24-31-39-32-37(41)33-40-38(34-25-18-15-19-26-34,35-27-20-16-21-28-35)36-29-22-17-23-30-36/h15-23,25-30,37,41H,2-14,24,31-33H2,1H3. The lowest BCUT2D eigenvalue weighted by Crippen LogP contribution is -2.35. The van der Waals surface area contributed by atoms with Gasteiger partial charge in [0.25, 0.3) is 0 Å². The molecule has 224 valence electrons. The van der Waals surface area contributed by atoms with Gasteiger partial charge in [0.2, 0.25) is 0 Å². The Kier molecular flexibility index (Phi) is 16.9. The second-order valence-electron chi connectivity index (χ2n) is 11.4. The molecule has 0 heterocycles. The van der Waals surface area contributed by atoms with Crippen molar-refractivity contribution >= 4 is 12.6 Å². The second kappa shape index (κ2) is 20.8. The van der Waals surface area contributed by atoms with Gasteiger partial charge in [0.1, 0.15) is 5.60 Å². The fourth-order valence-electron chi connectivity index (χ4n) is 5.66. The Bertz CT molecular complexity index is 912. The first-order chi connectivity index (χ1) is 20.3. The second-order valence-corrected chi connectivity index (χ2v) is 12.1. The number of ether oxygens (including phenoxy) is 2. The van der Waals surface area contributed by atoms with Gasteiger partial charge in [-0.25, -0.2) is 0 Å². The third kappa shape index (κ3) is 12.0. The fourth-order valence-corrected chi connectivity index (χ4v) is 5.84. The summed E-state index contributed by atoms with van der Waals surface area (Å²) in [5, 5.41) is -0.00263. The number of unbranched alkanes of at least 4 members (excludes halogenated alkanes) is 13. The Hall–Kier alpha value is -2.07. The highest BCUT2D eigenvalue weighted by molar-refractivity contribution is 7.81. The Labute approximate surface area is 256 Å². The molecular weight excluding hydrogens is 520 g/mol. The Balaban J connectivity index is 1.36. The van der Waals surface area contributed by atoms with Gasteiger partial charge >= 0.3 is 0 Å². The SMILES string of the molecule is CCCCCCCCCCCCCCCCOCC(S)COC(c1ccccc1)(c1ccccc1)c1ccccc1. The van der Waals surface area contributed by atoms with E-state index in [0.29, 0.717) is 13.2 Å². The summed E-state index contributed by atoms with van der Waals surface area (Å²) in [6, 6.07) is 31.6. The molecule has 0 amide bonds. The van der Waals surface area contributed by atoms with E-state index in [1.807, 2.05) is 0 Å². The highest BCUT2D eigenvalue weighted by Gasteiger charge is 2.37. The smallest absolute Gasteiger partial charge is 0.143 e. The van der Waals surface area contributed by atoms with Crippen LogP contribution in [0.15, 0.2) is 91.0 Å². The van der Waals surface area contributed by atoms with E-state index in [4.69, 9.17) is 22.1 Å². The van der Waals surface area contributed by atoms with Crippen molar-refractivity contribution in [3.05, 3.63) is 108 Å². The molecule has 1 atom stereocenters. The Morgan fingerprint density at radius 3 is 1.27 bits per heavy atom. The summed E-state index contributed by atoms with van der Waals surface area (Å²) in [6.45, 7) is 4.17.